The van der Waals surface area contributed by atoms with Crippen molar-refractivity contribution in [3.05, 3.63) is 83.1 Å². The first-order valence-electron chi connectivity index (χ1n) is 10.0. The molecule has 1 heterocycles. The molecule has 1 nitrogen and oxygen atoms in total. The molecule has 140 valence electrons. The number of allylic oxidation sites excluding steroid dienone is 1. The van der Waals surface area contributed by atoms with Crippen LogP contribution in [0.2, 0.25) is 19.6 Å². The number of rotatable bonds is 4. The summed E-state index contributed by atoms with van der Waals surface area (Å²) in [5.41, 5.74) is 2.93. The van der Waals surface area contributed by atoms with Crippen molar-refractivity contribution in [2.45, 2.75) is 44.4 Å². The summed E-state index contributed by atoms with van der Waals surface area (Å²) in [6.07, 6.45) is 5.10. The molecule has 27 heavy (non-hydrogen) atoms. The zero-order valence-corrected chi connectivity index (χ0v) is 19.3. The minimum absolute atomic E-state index is 0.0543. The molecule has 2 aromatic rings. The van der Waals surface area contributed by atoms with E-state index in [4.69, 9.17) is 0 Å². The second-order valence-electron chi connectivity index (χ2n) is 8.99. The molecule has 0 bridgehead atoms. The van der Waals surface area contributed by atoms with Crippen LogP contribution in [0.4, 0.5) is 0 Å². The maximum absolute atomic E-state index is 3.57. The molecular weight excluding hydrogens is 409 g/mol. The maximum atomic E-state index is 3.57. The molecule has 0 saturated carbocycles. The molecule has 1 fully saturated rings. The van der Waals surface area contributed by atoms with E-state index in [0.29, 0.717) is 5.92 Å². The molecule has 0 N–H and O–H groups in total. The Labute approximate surface area is 172 Å². The van der Waals surface area contributed by atoms with Crippen LogP contribution in [0.25, 0.3) is 0 Å². The van der Waals surface area contributed by atoms with E-state index in [1.54, 1.807) is 5.20 Å². The van der Waals surface area contributed by atoms with E-state index in [2.05, 4.69) is 107 Å². The summed E-state index contributed by atoms with van der Waals surface area (Å²) in [5.74, 6) is 0.659. The third-order valence-corrected chi connectivity index (χ3v) is 9.65. The monoisotopic (exact) mass is 439 g/mol. The molecule has 1 aliphatic carbocycles. The van der Waals surface area contributed by atoms with Crippen molar-refractivity contribution < 1.29 is 0 Å². The van der Waals surface area contributed by atoms with Gasteiger partial charge in [-0.25, -0.2) is 0 Å². The zero-order valence-electron chi connectivity index (χ0n) is 16.6. The van der Waals surface area contributed by atoms with Crippen LogP contribution in [-0.2, 0) is 12.0 Å². The van der Waals surface area contributed by atoms with Gasteiger partial charge in [-0.1, -0.05) is 0 Å². The molecule has 1 aliphatic heterocycles. The van der Waals surface area contributed by atoms with Crippen molar-refractivity contribution in [1.82, 2.24) is 4.90 Å². The van der Waals surface area contributed by atoms with E-state index in [1.165, 1.54) is 28.5 Å². The average Bonchev–Trinajstić information content (AvgIpc) is 2.95. The Morgan fingerprint density at radius 3 is 2.26 bits per heavy atom. The molecule has 0 unspecified atom stereocenters. The molecule has 2 aliphatic rings. The third kappa shape index (κ3) is 3.20. The van der Waals surface area contributed by atoms with Crippen LogP contribution < -0.4 is 0 Å². The summed E-state index contributed by atoms with van der Waals surface area (Å²) >= 11 is 3.57. The van der Waals surface area contributed by atoms with Crippen LogP contribution >= 0.6 is 0 Å². The van der Waals surface area contributed by atoms with E-state index in [0.717, 1.165) is 13.1 Å². The van der Waals surface area contributed by atoms with Gasteiger partial charge in [0.15, 0.2) is 0 Å². The zero-order chi connectivity index (χ0) is 19.1. The van der Waals surface area contributed by atoms with Crippen molar-refractivity contribution in [2.24, 2.45) is 5.92 Å². The number of benzene rings is 2. The average molecular weight is 439 g/mol. The van der Waals surface area contributed by atoms with Crippen LogP contribution in [0.15, 0.2) is 71.9 Å². The van der Waals surface area contributed by atoms with Gasteiger partial charge >= 0.3 is 173 Å². The molecule has 1 saturated heterocycles. The van der Waals surface area contributed by atoms with Crippen molar-refractivity contribution in [3.63, 3.8) is 0 Å². The van der Waals surface area contributed by atoms with Crippen LogP contribution in [0.3, 0.4) is 0 Å². The fourth-order valence-electron chi connectivity index (χ4n) is 5.20. The summed E-state index contributed by atoms with van der Waals surface area (Å²) in [4.78, 5) is 2.62. The Kier molecular flexibility index (Phi) is 5.05. The van der Waals surface area contributed by atoms with Gasteiger partial charge in [0.1, 0.15) is 0 Å². The van der Waals surface area contributed by atoms with E-state index >= 15 is 0 Å². The first-order chi connectivity index (χ1) is 12.9. The van der Waals surface area contributed by atoms with Crippen LogP contribution in [0, 0.1) is 5.92 Å². The van der Waals surface area contributed by atoms with Crippen LogP contribution in [-0.4, -0.2) is 39.6 Å². The minimum atomic E-state index is -1.47. The molecule has 2 aromatic carbocycles. The van der Waals surface area contributed by atoms with Gasteiger partial charge in [-0.3, -0.25) is 0 Å². The van der Waals surface area contributed by atoms with Gasteiger partial charge in [-0.05, 0) is 0 Å². The molecule has 2 atom stereocenters. The molecule has 4 rings (SSSR count). The summed E-state index contributed by atoms with van der Waals surface area (Å²) < 4.78 is 1.44. The van der Waals surface area contributed by atoms with Crippen LogP contribution in [0.1, 0.15) is 24.0 Å². The van der Waals surface area contributed by atoms with Crippen molar-refractivity contribution >= 4 is 28.2 Å². The van der Waals surface area contributed by atoms with Gasteiger partial charge < -0.3 is 0 Å². The van der Waals surface area contributed by atoms with Gasteiger partial charge in [0.2, 0.25) is 0 Å². The molecule has 3 heteroatoms. The molecule has 0 spiro atoms. The fourth-order valence-corrected chi connectivity index (χ4v) is 8.92. The van der Waals surface area contributed by atoms with E-state index in [9.17, 15) is 0 Å². The van der Waals surface area contributed by atoms with Gasteiger partial charge in [-0.2, -0.15) is 0 Å². The number of nitrogens with zero attached hydrogens (tertiary/aromatic N) is 1. The molecular formula is C24H29NSeSi. The molecule has 0 radical (unpaired) electrons. The van der Waals surface area contributed by atoms with Gasteiger partial charge in [0.25, 0.3) is 0 Å². The Morgan fingerprint density at radius 1 is 1.00 bits per heavy atom. The Bertz CT molecular complexity index is 853. The van der Waals surface area contributed by atoms with Gasteiger partial charge in [-0.15, -0.1) is 0 Å². The topological polar surface area (TPSA) is 3.24 Å². The van der Waals surface area contributed by atoms with Crippen LogP contribution in [0.5, 0.6) is 0 Å². The van der Waals surface area contributed by atoms with E-state index < -0.39 is 8.07 Å². The third-order valence-electron chi connectivity index (χ3n) is 6.22. The molecule has 0 amide bonds. The van der Waals surface area contributed by atoms with Gasteiger partial charge in [0.05, 0.1) is 0 Å². The summed E-state index contributed by atoms with van der Waals surface area (Å²) in [6, 6.07) is 22.2. The van der Waals surface area contributed by atoms with Crippen molar-refractivity contribution in [2.75, 3.05) is 6.54 Å². The standard InChI is InChI=1S/C24H29NSeSi/c1-27(2,3)22-16-10-15-21-18-25(17-19-11-6-4-7-12-19)23(26)24(21,22)20-13-8-5-9-14-20/h4-9,11-14,16,21H,10,15,17-18H2,1-3H3/t21-,24+/m0/s1. The summed E-state index contributed by atoms with van der Waals surface area (Å²) in [7, 11) is -1.47. The van der Waals surface area contributed by atoms with Crippen molar-refractivity contribution in [1.29, 1.82) is 0 Å². The Morgan fingerprint density at radius 2 is 1.63 bits per heavy atom. The molecule has 0 aromatic heterocycles. The quantitative estimate of drug-likeness (QED) is 0.611. The first-order valence-corrected chi connectivity index (χ1v) is 14.4. The number of fused-ring (bicyclic) bond motifs is 1. The normalized spacial score (nSPS) is 25.3. The number of likely N-dealkylation sites (tertiary alicyclic amines) is 1. The second-order valence-corrected chi connectivity index (χ2v) is 14.8. The predicted molar refractivity (Wildman–Crippen MR) is 120 cm³/mol. The number of hydrogen-bond donors (Lipinski definition) is 0. The summed E-state index contributed by atoms with van der Waals surface area (Å²) in [6.45, 7) is 9.68. The Balaban J connectivity index is 1.82. The SMILES string of the molecule is C[Si](C)(C)C1=CCC[C@H]2CN(Cc3ccccc3)C(=[Se])[C@@]12c1ccccc1. The van der Waals surface area contributed by atoms with E-state index in [-0.39, 0.29) is 5.41 Å². The van der Waals surface area contributed by atoms with E-state index in [1.807, 2.05) is 0 Å². The Hall–Kier alpha value is -1.41. The first kappa shape index (κ1) is 18.9. The predicted octanol–water partition coefficient (Wildman–Crippen LogP) is 4.95. The number of hydrogen-bond acceptors (Lipinski definition) is 1. The fraction of sp³-hybridized carbons (Fsp3) is 0.375. The second kappa shape index (κ2) is 7.20. The van der Waals surface area contributed by atoms with Gasteiger partial charge in [0, 0.05) is 0 Å². The summed E-state index contributed by atoms with van der Waals surface area (Å²) in [5, 5.41) is 1.72. The van der Waals surface area contributed by atoms with Crippen molar-refractivity contribution in [3.8, 4) is 0 Å².